The number of carbonyl (C=O) groups excluding carboxylic acids is 1. The molecule has 92 valence electrons. The van der Waals surface area contributed by atoms with Crippen LogP contribution in [0.15, 0.2) is 29.4 Å². The Bertz CT molecular complexity index is 383. The average Bonchev–Trinajstić information content (AvgIpc) is 2.30. The Hall–Kier alpha value is -1.84. The zero-order valence-electron chi connectivity index (χ0n) is 10.4. The minimum absolute atomic E-state index is 0.218. The van der Waals surface area contributed by atoms with Gasteiger partial charge in [0.05, 0.1) is 6.61 Å². The second-order valence-electron chi connectivity index (χ2n) is 3.92. The summed E-state index contributed by atoms with van der Waals surface area (Å²) in [5.41, 5.74) is 3.04. The van der Waals surface area contributed by atoms with Crippen LogP contribution in [0.4, 0.5) is 0 Å². The minimum atomic E-state index is -0.218. The Balaban J connectivity index is 2.57. The summed E-state index contributed by atoms with van der Waals surface area (Å²) in [5, 5.41) is 3.85. The van der Waals surface area contributed by atoms with E-state index < -0.39 is 0 Å². The Kier molecular flexibility index (Phi) is 5.20. The monoisotopic (exact) mass is 234 g/mol. The molecule has 4 nitrogen and oxygen atoms in total. The quantitative estimate of drug-likeness (QED) is 0.628. The lowest BCUT2D eigenvalue weighted by atomic mass is 10.2. The third-order valence-electron chi connectivity index (χ3n) is 1.97. The largest absolute Gasteiger partial charge is 0.494 e. The molecule has 1 rings (SSSR count). The molecule has 0 atom stereocenters. The molecule has 0 saturated heterocycles. The van der Waals surface area contributed by atoms with Crippen molar-refractivity contribution in [2.24, 2.45) is 11.0 Å². The van der Waals surface area contributed by atoms with Gasteiger partial charge in [0, 0.05) is 11.8 Å². The molecule has 0 heterocycles. The molecule has 17 heavy (non-hydrogen) atoms. The van der Waals surface area contributed by atoms with Gasteiger partial charge in [0.15, 0.2) is 0 Å². The summed E-state index contributed by atoms with van der Waals surface area (Å²) in [7, 11) is 0. The van der Waals surface area contributed by atoms with Crippen molar-refractivity contribution in [3.63, 3.8) is 0 Å². The highest BCUT2D eigenvalue weighted by atomic mass is 16.5. The first-order chi connectivity index (χ1) is 8.13. The van der Waals surface area contributed by atoms with E-state index in [1.54, 1.807) is 30.5 Å². The van der Waals surface area contributed by atoms with Gasteiger partial charge in [-0.05, 0) is 37.1 Å². The molecule has 1 amide bonds. The first-order valence-corrected chi connectivity index (χ1v) is 5.70. The lowest BCUT2D eigenvalue weighted by molar-refractivity contribution is 0.0955. The average molecular weight is 234 g/mol. The van der Waals surface area contributed by atoms with E-state index in [-0.39, 0.29) is 5.91 Å². The number of ether oxygens (including phenoxy) is 1. The van der Waals surface area contributed by atoms with E-state index in [1.807, 2.05) is 20.8 Å². The third-order valence-corrected chi connectivity index (χ3v) is 1.97. The van der Waals surface area contributed by atoms with Crippen molar-refractivity contribution in [1.29, 1.82) is 0 Å². The van der Waals surface area contributed by atoms with Gasteiger partial charge in [-0.15, -0.1) is 0 Å². The van der Waals surface area contributed by atoms with Crippen LogP contribution in [0.3, 0.4) is 0 Å². The first kappa shape index (κ1) is 13.2. The molecule has 1 aromatic carbocycles. The van der Waals surface area contributed by atoms with Crippen molar-refractivity contribution in [2.75, 3.05) is 6.61 Å². The number of nitrogens with zero attached hydrogens (tertiary/aromatic N) is 1. The van der Waals surface area contributed by atoms with Crippen molar-refractivity contribution in [3.05, 3.63) is 29.8 Å². The second kappa shape index (κ2) is 6.68. The van der Waals surface area contributed by atoms with Crippen molar-refractivity contribution < 1.29 is 9.53 Å². The second-order valence-corrected chi connectivity index (χ2v) is 3.92. The molecule has 0 unspecified atom stereocenters. The smallest absolute Gasteiger partial charge is 0.271 e. The van der Waals surface area contributed by atoms with Gasteiger partial charge >= 0.3 is 0 Å². The van der Waals surface area contributed by atoms with Crippen LogP contribution in [0.5, 0.6) is 5.75 Å². The molecular weight excluding hydrogens is 216 g/mol. The molecule has 0 spiro atoms. The molecule has 0 aliphatic carbocycles. The van der Waals surface area contributed by atoms with Crippen LogP contribution < -0.4 is 10.2 Å². The molecule has 0 fully saturated rings. The van der Waals surface area contributed by atoms with E-state index in [0.29, 0.717) is 18.1 Å². The zero-order valence-corrected chi connectivity index (χ0v) is 10.4. The van der Waals surface area contributed by atoms with Crippen molar-refractivity contribution in [2.45, 2.75) is 20.8 Å². The number of hydrogen-bond acceptors (Lipinski definition) is 3. The number of carbonyl (C=O) groups is 1. The summed E-state index contributed by atoms with van der Waals surface area (Å²) in [6, 6.07) is 6.96. The number of hydrogen-bond donors (Lipinski definition) is 1. The normalized spacial score (nSPS) is 10.8. The van der Waals surface area contributed by atoms with E-state index in [4.69, 9.17) is 4.74 Å². The molecule has 0 aromatic heterocycles. The molecule has 0 saturated carbocycles. The van der Waals surface area contributed by atoms with Gasteiger partial charge in [-0.1, -0.05) is 13.8 Å². The fourth-order valence-electron chi connectivity index (χ4n) is 1.18. The van der Waals surface area contributed by atoms with Gasteiger partial charge in [-0.3, -0.25) is 4.79 Å². The Morgan fingerprint density at radius 1 is 1.41 bits per heavy atom. The topological polar surface area (TPSA) is 50.7 Å². The number of benzene rings is 1. The molecule has 0 bridgehead atoms. The third kappa shape index (κ3) is 4.68. The Morgan fingerprint density at radius 3 is 2.59 bits per heavy atom. The summed E-state index contributed by atoms with van der Waals surface area (Å²) in [5.74, 6) is 0.857. The summed E-state index contributed by atoms with van der Waals surface area (Å²) in [4.78, 5) is 11.6. The molecule has 1 N–H and O–H groups in total. The molecule has 1 aromatic rings. The van der Waals surface area contributed by atoms with Gasteiger partial charge in [-0.2, -0.15) is 5.10 Å². The van der Waals surface area contributed by atoms with Gasteiger partial charge in [0.1, 0.15) is 5.75 Å². The minimum Gasteiger partial charge on any atom is -0.494 e. The highest BCUT2D eigenvalue weighted by Crippen LogP contribution is 2.11. The van der Waals surface area contributed by atoms with Gasteiger partial charge in [0.2, 0.25) is 0 Å². The molecule has 0 aliphatic rings. The van der Waals surface area contributed by atoms with Crippen LogP contribution in [0.25, 0.3) is 0 Å². The lowest BCUT2D eigenvalue weighted by Gasteiger charge is -2.04. The number of nitrogens with one attached hydrogen (secondary N) is 1. The Morgan fingerprint density at radius 2 is 2.06 bits per heavy atom. The summed E-state index contributed by atoms with van der Waals surface area (Å²) in [6.45, 7) is 6.52. The van der Waals surface area contributed by atoms with E-state index in [0.717, 1.165) is 5.75 Å². The van der Waals surface area contributed by atoms with Crippen molar-refractivity contribution in [1.82, 2.24) is 5.43 Å². The molecule has 4 heteroatoms. The predicted octanol–water partition coefficient (Wildman–Crippen LogP) is 2.46. The van der Waals surface area contributed by atoms with Crippen molar-refractivity contribution >= 4 is 12.1 Å². The van der Waals surface area contributed by atoms with Crippen LogP contribution >= 0.6 is 0 Å². The maximum absolute atomic E-state index is 11.6. The Labute approximate surface area is 102 Å². The van der Waals surface area contributed by atoms with Crippen LogP contribution in [0.2, 0.25) is 0 Å². The number of hydrazone groups is 1. The standard InChI is InChI=1S/C13H18N2O2/c1-4-17-12-7-5-11(6-8-12)13(16)15-14-9-10(2)3/h5-10H,4H2,1-3H3,(H,15,16). The van der Waals surface area contributed by atoms with Crippen LogP contribution in [0.1, 0.15) is 31.1 Å². The number of amides is 1. The maximum atomic E-state index is 11.6. The zero-order chi connectivity index (χ0) is 12.7. The van der Waals surface area contributed by atoms with Gasteiger partial charge < -0.3 is 4.74 Å². The van der Waals surface area contributed by atoms with Crippen LogP contribution in [-0.2, 0) is 0 Å². The fraction of sp³-hybridized carbons (Fsp3) is 0.385. The summed E-state index contributed by atoms with van der Waals surface area (Å²) >= 11 is 0. The highest BCUT2D eigenvalue weighted by molar-refractivity contribution is 5.94. The SMILES string of the molecule is CCOc1ccc(C(=O)NN=CC(C)C)cc1. The van der Waals surface area contributed by atoms with E-state index in [1.165, 1.54) is 0 Å². The van der Waals surface area contributed by atoms with E-state index in [2.05, 4.69) is 10.5 Å². The predicted molar refractivity (Wildman–Crippen MR) is 68.4 cm³/mol. The van der Waals surface area contributed by atoms with Crippen LogP contribution in [-0.4, -0.2) is 18.7 Å². The van der Waals surface area contributed by atoms with Gasteiger partial charge in [-0.25, -0.2) is 5.43 Å². The first-order valence-electron chi connectivity index (χ1n) is 5.70. The highest BCUT2D eigenvalue weighted by Gasteiger charge is 2.03. The molecule has 0 aliphatic heterocycles. The number of rotatable bonds is 5. The fourth-order valence-corrected chi connectivity index (χ4v) is 1.18. The van der Waals surface area contributed by atoms with Gasteiger partial charge in [0.25, 0.3) is 5.91 Å². The summed E-state index contributed by atoms with van der Waals surface area (Å²) < 4.78 is 5.29. The van der Waals surface area contributed by atoms with Crippen LogP contribution in [0, 0.1) is 5.92 Å². The molecule has 0 radical (unpaired) electrons. The van der Waals surface area contributed by atoms with E-state index >= 15 is 0 Å². The molecular formula is C13H18N2O2. The summed E-state index contributed by atoms with van der Waals surface area (Å²) in [6.07, 6.45) is 1.69. The van der Waals surface area contributed by atoms with E-state index in [9.17, 15) is 4.79 Å². The maximum Gasteiger partial charge on any atom is 0.271 e. The van der Waals surface area contributed by atoms with Crippen molar-refractivity contribution in [3.8, 4) is 5.75 Å². The lowest BCUT2D eigenvalue weighted by Crippen LogP contribution is -2.17.